The van der Waals surface area contributed by atoms with Gasteiger partial charge in [-0.15, -0.1) is 24.0 Å². The molecule has 1 aromatic heterocycles. The third kappa shape index (κ3) is 1.94. The topological polar surface area (TPSA) is 40.5 Å². The molecule has 2 rings (SSSR count). The molecule has 0 saturated carbocycles. The van der Waals surface area contributed by atoms with Gasteiger partial charge < -0.3 is 10.0 Å². The van der Waals surface area contributed by atoms with Gasteiger partial charge in [0, 0.05) is 8.27 Å². The van der Waals surface area contributed by atoms with Gasteiger partial charge >= 0.3 is 7.12 Å². The minimum atomic E-state index is -1.41. The van der Waals surface area contributed by atoms with Gasteiger partial charge in [0.2, 0.25) is 0 Å². The van der Waals surface area contributed by atoms with E-state index < -0.39 is 7.12 Å². The van der Waals surface area contributed by atoms with E-state index >= 15 is 0 Å². The third-order valence-corrected chi connectivity index (χ3v) is 4.14. The second kappa shape index (κ2) is 4.01. The second-order valence-corrected chi connectivity index (χ2v) is 5.90. The summed E-state index contributed by atoms with van der Waals surface area (Å²) in [7, 11) is -1.41. The van der Waals surface area contributed by atoms with Crippen molar-refractivity contribution in [2.45, 2.75) is 4.21 Å². The number of rotatable bonds is 1. The molecule has 2 nitrogen and oxygen atoms in total. The molecule has 0 radical (unpaired) electrons. The Labute approximate surface area is 105 Å². The number of hydrogen-bond donors (Lipinski definition) is 3. The fourth-order valence-corrected chi connectivity index (χ4v) is 3.30. The molecule has 0 bridgehead atoms. The number of hydrogen-bond acceptors (Lipinski definition) is 4. The lowest BCUT2D eigenvalue weighted by atomic mass is 9.80. The van der Waals surface area contributed by atoms with Gasteiger partial charge in [-0.25, -0.2) is 0 Å². The molecule has 0 aliphatic carbocycles. The number of thiophene rings is 1. The van der Waals surface area contributed by atoms with Gasteiger partial charge in [-0.1, -0.05) is 0 Å². The lowest BCUT2D eigenvalue weighted by Gasteiger charge is -2.02. The average Bonchev–Trinajstić information content (AvgIpc) is 2.42. The lowest BCUT2D eigenvalue weighted by molar-refractivity contribution is 0.425. The van der Waals surface area contributed by atoms with Gasteiger partial charge in [0.1, 0.15) is 0 Å². The molecule has 0 unspecified atom stereocenters. The zero-order chi connectivity index (χ0) is 10.3. The zero-order valence-corrected chi connectivity index (χ0v) is 10.8. The number of halogens is 1. The maximum Gasteiger partial charge on any atom is 0.489 e. The Kier molecular flexibility index (Phi) is 3.08. The first-order valence-electron chi connectivity index (χ1n) is 3.86. The Balaban J connectivity index is 2.70. The molecule has 1 heterocycles. The van der Waals surface area contributed by atoms with Gasteiger partial charge in [-0.3, -0.25) is 0 Å². The summed E-state index contributed by atoms with van der Waals surface area (Å²) in [4.78, 5) is 0. The van der Waals surface area contributed by atoms with Crippen LogP contribution < -0.4 is 5.46 Å². The quantitative estimate of drug-likeness (QED) is 0.419. The van der Waals surface area contributed by atoms with Crippen LogP contribution in [0.3, 0.4) is 0 Å². The summed E-state index contributed by atoms with van der Waals surface area (Å²) < 4.78 is 2.81. The van der Waals surface area contributed by atoms with E-state index in [1.807, 2.05) is 12.1 Å². The Morgan fingerprint density at radius 3 is 2.64 bits per heavy atom. The van der Waals surface area contributed by atoms with E-state index in [1.165, 1.54) is 11.3 Å². The summed E-state index contributed by atoms with van der Waals surface area (Å²) in [5.74, 6) is 0. The van der Waals surface area contributed by atoms with E-state index in [2.05, 4.69) is 35.2 Å². The standard InChI is InChI=1S/C8H6BIO2S2/c10-6-1-4-2-8(13)14-7(4)3-5(6)9(11)12/h1-3,11-13H. The van der Waals surface area contributed by atoms with Crippen molar-refractivity contribution >= 4 is 69.2 Å². The van der Waals surface area contributed by atoms with Gasteiger partial charge in [0.05, 0.1) is 4.21 Å². The van der Waals surface area contributed by atoms with E-state index in [9.17, 15) is 0 Å². The number of thiol groups is 1. The predicted octanol–water partition coefficient (Wildman–Crippen LogP) is 1.47. The predicted molar refractivity (Wildman–Crippen MR) is 71.6 cm³/mol. The Hall–Kier alpha value is 0.245. The average molecular weight is 336 g/mol. The van der Waals surface area contributed by atoms with Crippen LogP contribution in [0.2, 0.25) is 0 Å². The molecule has 2 aromatic rings. The molecular formula is C8H6BIO2S2. The van der Waals surface area contributed by atoms with E-state index in [4.69, 9.17) is 10.0 Å². The smallest absolute Gasteiger partial charge is 0.423 e. The van der Waals surface area contributed by atoms with Crippen LogP contribution in [0, 0.1) is 3.57 Å². The fraction of sp³-hybridized carbons (Fsp3) is 0. The second-order valence-electron chi connectivity index (χ2n) is 2.87. The van der Waals surface area contributed by atoms with Crippen LogP contribution in [0.5, 0.6) is 0 Å². The normalized spacial score (nSPS) is 10.9. The highest BCUT2D eigenvalue weighted by Crippen LogP contribution is 2.28. The van der Waals surface area contributed by atoms with Crippen molar-refractivity contribution in [1.82, 2.24) is 0 Å². The summed E-state index contributed by atoms with van der Waals surface area (Å²) in [5.41, 5.74) is 0.549. The van der Waals surface area contributed by atoms with Crippen LogP contribution in [0.15, 0.2) is 22.4 Å². The van der Waals surface area contributed by atoms with Gasteiger partial charge in [0.15, 0.2) is 0 Å². The fourth-order valence-electron chi connectivity index (χ4n) is 1.26. The molecule has 72 valence electrons. The van der Waals surface area contributed by atoms with Crippen molar-refractivity contribution in [3.05, 3.63) is 21.8 Å². The molecule has 0 aliphatic rings. The van der Waals surface area contributed by atoms with E-state index in [-0.39, 0.29) is 0 Å². The van der Waals surface area contributed by atoms with Crippen LogP contribution in [-0.2, 0) is 0 Å². The van der Waals surface area contributed by atoms with Gasteiger partial charge in [-0.2, -0.15) is 0 Å². The molecule has 2 N–H and O–H groups in total. The van der Waals surface area contributed by atoms with Crippen LogP contribution in [0.1, 0.15) is 0 Å². The van der Waals surface area contributed by atoms with Gasteiger partial charge in [-0.05, 0) is 51.6 Å². The van der Waals surface area contributed by atoms with Crippen molar-refractivity contribution in [3.8, 4) is 0 Å². The molecule has 0 saturated heterocycles. The third-order valence-electron chi connectivity index (χ3n) is 1.90. The molecule has 14 heavy (non-hydrogen) atoms. The van der Waals surface area contributed by atoms with E-state index in [1.54, 1.807) is 6.07 Å². The molecule has 0 aliphatic heterocycles. The first kappa shape index (κ1) is 10.8. The van der Waals surface area contributed by atoms with Crippen molar-refractivity contribution in [3.63, 3.8) is 0 Å². The van der Waals surface area contributed by atoms with Crippen molar-refractivity contribution < 1.29 is 10.0 Å². The first-order valence-corrected chi connectivity index (χ1v) is 6.20. The lowest BCUT2D eigenvalue weighted by Crippen LogP contribution is -2.32. The van der Waals surface area contributed by atoms with Crippen molar-refractivity contribution in [2.75, 3.05) is 0 Å². The summed E-state index contributed by atoms with van der Waals surface area (Å²) in [6, 6.07) is 5.70. The Bertz CT molecular complexity index is 483. The highest BCUT2D eigenvalue weighted by Gasteiger charge is 2.16. The highest BCUT2D eigenvalue weighted by atomic mass is 127. The van der Waals surface area contributed by atoms with Crippen LogP contribution in [-0.4, -0.2) is 17.2 Å². The first-order chi connectivity index (χ1) is 6.58. The van der Waals surface area contributed by atoms with Crippen molar-refractivity contribution in [2.24, 2.45) is 0 Å². The molecule has 0 atom stereocenters. The molecule has 0 fully saturated rings. The Morgan fingerprint density at radius 1 is 1.29 bits per heavy atom. The minimum absolute atomic E-state index is 0.549. The monoisotopic (exact) mass is 336 g/mol. The molecule has 6 heteroatoms. The van der Waals surface area contributed by atoms with Crippen molar-refractivity contribution in [1.29, 1.82) is 0 Å². The Morgan fingerprint density at radius 2 is 2.00 bits per heavy atom. The largest absolute Gasteiger partial charge is 0.489 e. The van der Waals surface area contributed by atoms with E-state index in [0.717, 1.165) is 17.9 Å². The van der Waals surface area contributed by atoms with Crippen LogP contribution in [0.25, 0.3) is 10.1 Å². The number of benzene rings is 1. The molecule has 1 aromatic carbocycles. The van der Waals surface area contributed by atoms with Crippen LogP contribution >= 0.6 is 46.6 Å². The highest BCUT2D eigenvalue weighted by molar-refractivity contribution is 14.1. The van der Waals surface area contributed by atoms with Crippen LogP contribution in [0.4, 0.5) is 0 Å². The maximum atomic E-state index is 9.11. The SMILES string of the molecule is OB(O)c1cc2sc(S)cc2cc1I. The summed E-state index contributed by atoms with van der Waals surface area (Å²) in [6.07, 6.45) is 0. The molecule has 0 amide bonds. The summed E-state index contributed by atoms with van der Waals surface area (Å²) in [5, 5.41) is 19.3. The van der Waals surface area contributed by atoms with E-state index in [0.29, 0.717) is 5.46 Å². The summed E-state index contributed by atoms with van der Waals surface area (Å²) >= 11 is 7.88. The zero-order valence-electron chi connectivity index (χ0n) is 6.94. The minimum Gasteiger partial charge on any atom is -0.423 e. The summed E-state index contributed by atoms with van der Waals surface area (Å²) in [6.45, 7) is 0. The molecular weight excluding hydrogens is 330 g/mol. The molecule has 0 spiro atoms. The maximum absolute atomic E-state index is 9.11. The number of fused-ring (bicyclic) bond motifs is 1. The van der Waals surface area contributed by atoms with Gasteiger partial charge in [0.25, 0.3) is 0 Å².